The third-order valence-electron chi connectivity index (χ3n) is 0. The van der Waals surface area contributed by atoms with Crippen LogP contribution in [0, 0.1) is 29.7 Å². The third kappa shape index (κ3) is 312. The fourth-order valence-electron chi connectivity index (χ4n) is 0. The van der Waals surface area contributed by atoms with Gasteiger partial charge in [0.25, 0.3) is 0 Å². The van der Waals surface area contributed by atoms with Gasteiger partial charge in [-0.3, -0.25) is 0 Å². The summed E-state index contributed by atoms with van der Waals surface area (Å²) in [6.45, 7) is 0. The molecule has 0 saturated carbocycles. The minimum absolute atomic E-state index is 0. The largest absolute Gasteiger partial charge is 2.00 e. The van der Waals surface area contributed by atoms with Crippen molar-refractivity contribution in [1.82, 2.24) is 0 Å². The van der Waals surface area contributed by atoms with Gasteiger partial charge in [-0.25, -0.2) is 0 Å². The van der Waals surface area contributed by atoms with Crippen molar-refractivity contribution in [2.45, 2.75) is 0 Å². The maximum absolute atomic E-state index is 0. The molecule has 3 heteroatoms. The Morgan fingerprint density at radius 1 is 0.429 bits per heavy atom. The maximum Gasteiger partial charge on any atom is 2.00 e. The zero-order valence-corrected chi connectivity index (χ0v) is 7.02. The molecule has 2 N–H and O–H groups in total. The number of hydrogen-bond acceptors (Lipinski definition) is 2. The predicted octanol–water partition coefficient (Wildman–Crippen LogP) is 1.07. The van der Waals surface area contributed by atoms with Gasteiger partial charge in [0.2, 0.25) is 0 Å². The summed E-state index contributed by atoms with van der Waals surface area (Å²) in [5.74, 6) is 0. The Balaban J connectivity index is 0. The molecule has 0 atom stereocenters. The van der Waals surface area contributed by atoms with Crippen LogP contribution in [-0.2, 0) is 0 Å². The predicted molar refractivity (Wildman–Crippen MR) is 35.3 cm³/mol. The van der Waals surface area contributed by atoms with Crippen molar-refractivity contribution in [2.24, 2.45) is 0 Å². The van der Waals surface area contributed by atoms with E-state index in [9.17, 15) is 0 Å². The molecule has 0 aliphatic heterocycles. The van der Waals surface area contributed by atoms with Gasteiger partial charge < -0.3 is 40.7 Å². The Morgan fingerprint density at radius 2 is 0.429 bits per heavy atom. The summed E-state index contributed by atoms with van der Waals surface area (Å²) in [5, 5.41) is 0. The Hall–Kier alpha value is 0.686. The van der Waals surface area contributed by atoms with Crippen molar-refractivity contribution < 1.29 is 11.0 Å². The smallest absolute Gasteiger partial charge is 0.870 e. The van der Waals surface area contributed by atoms with Crippen molar-refractivity contribution in [2.75, 3.05) is 0 Å². The van der Waals surface area contributed by atoms with Crippen LogP contribution in [0.15, 0.2) is 0 Å². The first-order valence-electron chi connectivity index (χ1n) is 0. The zero-order chi connectivity index (χ0) is 0. The molecule has 48 valence electrons. The van der Waals surface area contributed by atoms with Crippen LogP contribution in [0.3, 0.4) is 0 Å². The third-order valence-corrected chi connectivity index (χ3v) is 0. The van der Waals surface area contributed by atoms with E-state index in [0.29, 0.717) is 0 Å². The summed E-state index contributed by atoms with van der Waals surface area (Å²) in [6, 6.07) is 0. The monoisotopic (exact) mass is 118 g/mol. The Kier molecular flexibility index (Phi) is 47900. The van der Waals surface area contributed by atoms with E-state index in [1.807, 2.05) is 0 Å². The molecular weight excluding hydrogens is 104 g/mol. The second-order valence-electron chi connectivity index (χ2n) is 0. The summed E-state index contributed by atoms with van der Waals surface area (Å²) in [5.41, 5.74) is 0. The average molecular weight is 118 g/mol. The quantitative estimate of drug-likeness (QED) is 0.353. The van der Waals surface area contributed by atoms with Gasteiger partial charge in [-0.2, -0.15) is 0 Å². The molecule has 0 aromatic heterocycles. The van der Waals surface area contributed by atoms with Crippen molar-refractivity contribution in [3.8, 4) is 0 Å². The van der Waals surface area contributed by atoms with E-state index in [4.69, 9.17) is 0 Å². The van der Waals surface area contributed by atoms with Crippen LogP contribution in [0.4, 0.5) is 0 Å². The van der Waals surface area contributed by atoms with Crippen LogP contribution >= 0.6 is 0 Å². The molecule has 0 unspecified atom stereocenters. The van der Waals surface area contributed by atoms with Gasteiger partial charge in [0.05, 0.1) is 0 Å². The van der Waals surface area contributed by atoms with Crippen LogP contribution in [0.1, 0.15) is 0 Å². The first-order chi connectivity index (χ1) is 0. The van der Waals surface area contributed by atoms with E-state index in [0.717, 1.165) is 0 Å². The molecule has 7 heavy (non-hydrogen) atoms. The second kappa shape index (κ2) is 459. The second-order valence-corrected chi connectivity index (χ2v) is 0. The molecule has 0 amide bonds. The summed E-state index contributed by atoms with van der Waals surface area (Å²) in [4.78, 5) is 0. The molecular formula is C4H14MgO2-4. The SMILES string of the molecule is [CH3-].[CH3-].[CH3-].[CH3-].[Mg+2].[OH-].[OH-]. The first kappa shape index (κ1) is 730. The van der Waals surface area contributed by atoms with E-state index in [-0.39, 0.29) is 63.7 Å². The minimum Gasteiger partial charge on any atom is -0.870 e. The van der Waals surface area contributed by atoms with Crippen molar-refractivity contribution in [3.63, 3.8) is 0 Å². The Morgan fingerprint density at radius 3 is 0.429 bits per heavy atom. The first-order valence-corrected chi connectivity index (χ1v) is 0. The fourth-order valence-corrected chi connectivity index (χ4v) is 0. The van der Waals surface area contributed by atoms with Gasteiger partial charge in [-0.05, 0) is 0 Å². The van der Waals surface area contributed by atoms with E-state index < -0.39 is 0 Å². The topological polar surface area (TPSA) is 60.0 Å². The van der Waals surface area contributed by atoms with E-state index in [1.54, 1.807) is 0 Å². The molecule has 0 aliphatic carbocycles. The summed E-state index contributed by atoms with van der Waals surface area (Å²) < 4.78 is 0. The molecule has 0 aromatic carbocycles. The molecule has 2 nitrogen and oxygen atoms in total. The van der Waals surface area contributed by atoms with Crippen molar-refractivity contribution in [3.05, 3.63) is 29.7 Å². The molecule has 0 bridgehead atoms. The number of rotatable bonds is 0. The Labute approximate surface area is 64.1 Å². The van der Waals surface area contributed by atoms with Crippen molar-refractivity contribution >= 4 is 23.1 Å². The van der Waals surface area contributed by atoms with Gasteiger partial charge >= 0.3 is 23.1 Å². The van der Waals surface area contributed by atoms with Gasteiger partial charge in [-0.15, -0.1) is 0 Å². The standard InChI is InChI=1S/4CH3.Mg.2H2O/h4*1H3;;2*1H2/q4*-1;+2;;/p-2. The van der Waals surface area contributed by atoms with Crippen LogP contribution < -0.4 is 0 Å². The van der Waals surface area contributed by atoms with Crippen molar-refractivity contribution in [1.29, 1.82) is 0 Å². The van der Waals surface area contributed by atoms with Crippen LogP contribution in [0.5, 0.6) is 0 Å². The zero-order valence-electron chi connectivity index (χ0n) is 5.60. The molecule has 0 spiro atoms. The van der Waals surface area contributed by atoms with Crippen LogP contribution in [-0.4, -0.2) is 34.0 Å². The van der Waals surface area contributed by atoms with Gasteiger partial charge in [0, 0.05) is 0 Å². The number of hydrogen-bond donors (Lipinski definition) is 0. The molecule has 0 aliphatic rings. The van der Waals surface area contributed by atoms with Crippen LogP contribution in [0.25, 0.3) is 0 Å². The summed E-state index contributed by atoms with van der Waals surface area (Å²) in [7, 11) is 0. The van der Waals surface area contributed by atoms with E-state index in [1.165, 1.54) is 0 Å². The molecule has 0 rings (SSSR count). The van der Waals surface area contributed by atoms with E-state index in [2.05, 4.69) is 0 Å². The van der Waals surface area contributed by atoms with E-state index >= 15 is 0 Å². The minimum atomic E-state index is 0. The molecule has 0 saturated heterocycles. The van der Waals surface area contributed by atoms with Gasteiger partial charge in [0.1, 0.15) is 0 Å². The fraction of sp³-hybridized carbons (Fsp3) is 0. The summed E-state index contributed by atoms with van der Waals surface area (Å²) in [6.07, 6.45) is 0. The normalized spacial score (nSPS) is 0. The molecule has 0 radical (unpaired) electrons. The van der Waals surface area contributed by atoms with Gasteiger partial charge in [-0.1, -0.05) is 0 Å². The Bertz CT molecular complexity index is 9.65. The van der Waals surface area contributed by atoms with Crippen LogP contribution in [0.2, 0.25) is 0 Å². The molecule has 0 aromatic rings. The molecule has 0 fully saturated rings. The maximum atomic E-state index is 0. The summed E-state index contributed by atoms with van der Waals surface area (Å²) >= 11 is 0. The average Bonchev–Trinajstić information content (AvgIpc) is 0. The molecule has 0 heterocycles. The van der Waals surface area contributed by atoms with Gasteiger partial charge in [0.15, 0.2) is 0 Å².